The molecule has 0 atom stereocenters. The molecule has 5 nitrogen and oxygen atoms in total. The van der Waals surface area contributed by atoms with E-state index in [4.69, 9.17) is 21.7 Å². The molecule has 2 rings (SSSR count). The normalized spacial score (nSPS) is 13.4. The van der Waals surface area contributed by atoms with Crippen molar-refractivity contribution in [3.05, 3.63) is 23.8 Å². The Labute approximate surface area is 130 Å². The van der Waals surface area contributed by atoms with Gasteiger partial charge < -0.3 is 14.8 Å². The Morgan fingerprint density at radius 3 is 2.86 bits per heavy atom. The predicted molar refractivity (Wildman–Crippen MR) is 88.0 cm³/mol. The summed E-state index contributed by atoms with van der Waals surface area (Å²) in [6.45, 7) is 6.36. The van der Waals surface area contributed by atoms with Crippen LogP contribution in [0.3, 0.4) is 0 Å². The number of ether oxygens (including phenoxy) is 2. The molecule has 2 N–H and O–H groups in total. The fourth-order valence-electron chi connectivity index (χ4n) is 1.92. The second-order valence-corrected chi connectivity index (χ2v) is 5.68. The maximum Gasteiger partial charge on any atom is 0.231 e. The lowest BCUT2D eigenvalue weighted by atomic mass is 10.1. The SMILES string of the molecule is C/C(CCc1ccc2c(c1)OCO2)=N/NC(=S)NC(C)C. The summed E-state index contributed by atoms with van der Waals surface area (Å²) in [6, 6.07) is 6.33. The van der Waals surface area contributed by atoms with Gasteiger partial charge in [-0.05, 0) is 63.5 Å². The van der Waals surface area contributed by atoms with Crippen LogP contribution in [0.25, 0.3) is 0 Å². The second kappa shape index (κ2) is 7.26. The van der Waals surface area contributed by atoms with Crippen molar-refractivity contribution in [2.45, 2.75) is 39.7 Å². The minimum Gasteiger partial charge on any atom is -0.454 e. The van der Waals surface area contributed by atoms with E-state index >= 15 is 0 Å². The topological polar surface area (TPSA) is 54.9 Å². The first-order valence-corrected chi connectivity index (χ1v) is 7.43. The van der Waals surface area contributed by atoms with Crippen LogP contribution in [-0.4, -0.2) is 23.7 Å². The highest BCUT2D eigenvalue weighted by Crippen LogP contribution is 2.32. The van der Waals surface area contributed by atoms with Crippen molar-refractivity contribution in [2.75, 3.05) is 6.79 Å². The molecule has 1 heterocycles. The number of aryl methyl sites for hydroxylation is 1. The maximum atomic E-state index is 5.37. The van der Waals surface area contributed by atoms with Crippen molar-refractivity contribution in [2.24, 2.45) is 5.10 Å². The fourth-order valence-corrected chi connectivity index (χ4v) is 2.20. The van der Waals surface area contributed by atoms with Gasteiger partial charge in [-0.2, -0.15) is 5.10 Å². The van der Waals surface area contributed by atoms with E-state index in [1.165, 1.54) is 5.56 Å². The maximum absolute atomic E-state index is 5.37. The van der Waals surface area contributed by atoms with Crippen LogP contribution in [0.1, 0.15) is 32.8 Å². The van der Waals surface area contributed by atoms with Crippen LogP contribution in [0.4, 0.5) is 0 Å². The van der Waals surface area contributed by atoms with Gasteiger partial charge in [0.2, 0.25) is 6.79 Å². The summed E-state index contributed by atoms with van der Waals surface area (Å²) in [7, 11) is 0. The number of rotatable bonds is 5. The Hall–Kier alpha value is -1.82. The number of nitrogens with one attached hydrogen (secondary N) is 2. The third kappa shape index (κ3) is 4.90. The van der Waals surface area contributed by atoms with Crippen LogP contribution >= 0.6 is 12.2 Å². The molecule has 0 aliphatic carbocycles. The molecule has 0 fully saturated rings. The smallest absolute Gasteiger partial charge is 0.231 e. The summed E-state index contributed by atoms with van der Waals surface area (Å²) in [6.07, 6.45) is 1.76. The number of thiocarbonyl (C=S) groups is 1. The number of nitrogens with zero attached hydrogens (tertiary/aromatic N) is 1. The van der Waals surface area contributed by atoms with Crippen molar-refractivity contribution >= 4 is 23.0 Å². The molecule has 0 radical (unpaired) electrons. The summed E-state index contributed by atoms with van der Waals surface area (Å²) in [5.74, 6) is 1.64. The van der Waals surface area contributed by atoms with Crippen LogP contribution in [0.2, 0.25) is 0 Å². The lowest BCUT2D eigenvalue weighted by Crippen LogP contribution is -2.37. The number of benzene rings is 1. The monoisotopic (exact) mass is 307 g/mol. The van der Waals surface area contributed by atoms with Gasteiger partial charge in [-0.25, -0.2) is 0 Å². The standard InChI is InChI=1S/C15H21N3O2S/c1-10(2)16-15(21)18-17-11(3)4-5-12-6-7-13-14(8-12)20-9-19-13/h6-8,10H,4-5,9H2,1-3H3,(H2,16,18,21)/b17-11-. The van der Waals surface area contributed by atoms with Gasteiger partial charge in [0, 0.05) is 11.8 Å². The lowest BCUT2D eigenvalue weighted by molar-refractivity contribution is 0.174. The molecule has 1 aliphatic heterocycles. The van der Waals surface area contributed by atoms with Crippen molar-refractivity contribution in [3.63, 3.8) is 0 Å². The molecule has 0 unspecified atom stereocenters. The molecule has 1 aromatic carbocycles. The molecule has 1 aliphatic rings. The van der Waals surface area contributed by atoms with E-state index in [1.54, 1.807) is 0 Å². The van der Waals surface area contributed by atoms with Gasteiger partial charge in [0.15, 0.2) is 16.6 Å². The molecule has 0 spiro atoms. The third-order valence-electron chi connectivity index (χ3n) is 2.98. The first-order chi connectivity index (χ1) is 10.0. The first-order valence-electron chi connectivity index (χ1n) is 7.03. The molecular weight excluding hydrogens is 286 g/mol. The zero-order valence-electron chi connectivity index (χ0n) is 12.6. The molecule has 114 valence electrons. The fraction of sp³-hybridized carbons (Fsp3) is 0.467. The molecule has 0 aromatic heterocycles. The van der Waals surface area contributed by atoms with E-state index in [0.29, 0.717) is 17.9 Å². The van der Waals surface area contributed by atoms with Gasteiger partial charge >= 0.3 is 0 Å². The summed E-state index contributed by atoms with van der Waals surface area (Å²) in [5, 5.41) is 7.90. The molecular formula is C15H21N3O2S. The zero-order chi connectivity index (χ0) is 15.2. The molecule has 21 heavy (non-hydrogen) atoms. The van der Waals surface area contributed by atoms with Crippen LogP contribution in [0.5, 0.6) is 11.5 Å². The van der Waals surface area contributed by atoms with Gasteiger partial charge in [-0.15, -0.1) is 0 Å². The first kappa shape index (κ1) is 15.6. The van der Waals surface area contributed by atoms with Gasteiger partial charge in [0.25, 0.3) is 0 Å². The molecule has 0 bridgehead atoms. The number of hydrogen-bond acceptors (Lipinski definition) is 4. The minimum absolute atomic E-state index is 0.300. The van der Waals surface area contributed by atoms with Crippen LogP contribution in [-0.2, 0) is 6.42 Å². The second-order valence-electron chi connectivity index (χ2n) is 5.27. The third-order valence-corrected chi connectivity index (χ3v) is 3.19. The van der Waals surface area contributed by atoms with Crippen LogP contribution < -0.4 is 20.2 Å². The van der Waals surface area contributed by atoms with Gasteiger partial charge in [0.1, 0.15) is 0 Å². The zero-order valence-corrected chi connectivity index (χ0v) is 13.4. The van der Waals surface area contributed by atoms with Crippen molar-refractivity contribution in [1.82, 2.24) is 10.7 Å². The van der Waals surface area contributed by atoms with Crippen molar-refractivity contribution in [1.29, 1.82) is 0 Å². The van der Waals surface area contributed by atoms with E-state index < -0.39 is 0 Å². The molecule has 6 heteroatoms. The quantitative estimate of drug-likeness (QED) is 0.497. The highest BCUT2D eigenvalue weighted by molar-refractivity contribution is 7.80. The Balaban J connectivity index is 1.80. The van der Waals surface area contributed by atoms with E-state index in [2.05, 4.69) is 21.9 Å². The minimum atomic E-state index is 0.300. The average molecular weight is 307 g/mol. The summed E-state index contributed by atoms with van der Waals surface area (Å²) >= 11 is 5.12. The molecule has 0 saturated carbocycles. The van der Waals surface area contributed by atoms with Crippen molar-refractivity contribution < 1.29 is 9.47 Å². The number of fused-ring (bicyclic) bond motifs is 1. The van der Waals surface area contributed by atoms with E-state index in [-0.39, 0.29) is 0 Å². The van der Waals surface area contributed by atoms with E-state index in [0.717, 1.165) is 30.1 Å². The highest BCUT2D eigenvalue weighted by Gasteiger charge is 2.12. The summed E-state index contributed by atoms with van der Waals surface area (Å²) < 4.78 is 10.7. The molecule has 0 saturated heterocycles. The largest absolute Gasteiger partial charge is 0.454 e. The van der Waals surface area contributed by atoms with Gasteiger partial charge in [-0.3, -0.25) is 5.43 Å². The Morgan fingerprint density at radius 2 is 2.10 bits per heavy atom. The predicted octanol–water partition coefficient (Wildman–Crippen LogP) is 2.60. The van der Waals surface area contributed by atoms with Gasteiger partial charge in [0.05, 0.1) is 0 Å². The average Bonchev–Trinajstić information content (AvgIpc) is 2.89. The lowest BCUT2D eigenvalue weighted by Gasteiger charge is -2.10. The molecule has 1 aromatic rings. The Morgan fingerprint density at radius 1 is 1.33 bits per heavy atom. The van der Waals surface area contributed by atoms with E-state index in [1.807, 2.05) is 32.9 Å². The number of hydrogen-bond donors (Lipinski definition) is 2. The number of hydrazone groups is 1. The summed E-state index contributed by atoms with van der Waals surface area (Å²) in [5.41, 5.74) is 5.06. The van der Waals surface area contributed by atoms with Gasteiger partial charge in [-0.1, -0.05) is 6.07 Å². The molecule has 0 amide bonds. The van der Waals surface area contributed by atoms with E-state index in [9.17, 15) is 0 Å². The highest BCUT2D eigenvalue weighted by atomic mass is 32.1. The van der Waals surface area contributed by atoms with Crippen molar-refractivity contribution in [3.8, 4) is 11.5 Å². The van der Waals surface area contributed by atoms with Crippen LogP contribution in [0.15, 0.2) is 23.3 Å². The Bertz CT molecular complexity index is 544. The van der Waals surface area contributed by atoms with Crippen LogP contribution in [0, 0.1) is 0 Å². The summed E-state index contributed by atoms with van der Waals surface area (Å²) in [4.78, 5) is 0. The Kier molecular flexibility index (Phi) is 5.38.